The lowest BCUT2D eigenvalue weighted by Gasteiger charge is -2.32. The molecule has 130 valence electrons. The third-order valence-electron chi connectivity index (χ3n) is 4.23. The monoisotopic (exact) mass is 342 g/mol. The van der Waals surface area contributed by atoms with Gasteiger partial charge >= 0.3 is 0 Å². The van der Waals surface area contributed by atoms with Crippen molar-refractivity contribution in [3.8, 4) is 11.5 Å². The van der Waals surface area contributed by atoms with E-state index in [1.54, 1.807) is 21.3 Å². The summed E-state index contributed by atoms with van der Waals surface area (Å²) in [6.07, 6.45) is 2.52. The summed E-state index contributed by atoms with van der Waals surface area (Å²) >= 11 is 0. The molecule has 0 aromatic heterocycles. The van der Waals surface area contributed by atoms with E-state index in [0.29, 0.717) is 37.6 Å². The number of benzene rings is 1. The molecule has 0 N–H and O–H groups in total. The Bertz CT molecular complexity index is 646. The first-order valence-corrected chi connectivity index (χ1v) is 9.29. The van der Waals surface area contributed by atoms with Gasteiger partial charge in [-0.3, -0.25) is 0 Å². The largest absolute Gasteiger partial charge is 0.493 e. The molecule has 1 aromatic carbocycles. The van der Waals surface area contributed by atoms with Crippen molar-refractivity contribution in [3.63, 3.8) is 0 Å². The average Bonchev–Trinajstić information content (AvgIpc) is 2.57. The van der Waals surface area contributed by atoms with Crippen LogP contribution in [0, 0.1) is 0 Å². The van der Waals surface area contributed by atoms with Gasteiger partial charge in [0.2, 0.25) is 0 Å². The van der Waals surface area contributed by atoms with E-state index < -0.39 is 10.2 Å². The second kappa shape index (κ2) is 7.51. The zero-order valence-electron chi connectivity index (χ0n) is 14.3. The van der Waals surface area contributed by atoms with Gasteiger partial charge in [-0.25, -0.2) is 0 Å². The zero-order chi connectivity index (χ0) is 17.0. The Morgan fingerprint density at radius 1 is 1.17 bits per heavy atom. The van der Waals surface area contributed by atoms with Crippen LogP contribution in [0.15, 0.2) is 12.1 Å². The second-order valence-electron chi connectivity index (χ2n) is 5.74. The van der Waals surface area contributed by atoms with Crippen molar-refractivity contribution in [2.45, 2.75) is 32.7 Å². The van der Waals surface area contributed by atoms with Gasteiger partial charge in [0.1, 0.15) is 0 Å². The molecular weight excluding hydrogens is 316 g/mol. The minimum Gasteiger partial charge on any atom is -0.493 e. The number of unbranched alkanes of at least 4 members (excludes halogenated alkanes) is 1. The Hall–Kier alpha value is -1.31. The Balaban J connectivity index is 2.22. The van der Waals surface area contributed by atoms with Gasteiger partial charge in [-0.15, -0.1) is 0 Å². The fourth-order valence-electron chi connectivity index (χ4n) is 2.75. The summed E-state index contributed by atoms with van der Waals surface area (Å²) in [6, 6.07) is 3.82. The van der Waals surface area contributed by atoms with Crippen LogP contribution in [0.25, 0.3) is 0 Å². The summed E-state index contributed by atoms with van der Waals surface area (Å²) in [5.41, 5.74) is 2.09. The number of hydrogen-bond acceptors (Lipinski definition) is 4. The quantitative estimate of drug-likeness (QED) is 0.761. The summed E-state index contributed by atoms with van der Waals surface area (Å²) in [5, 5.41) is 0. The highest BCUT2D eigenvalue weighted by Crippen LogP contribution is 2.34. The molecule has 0 amide bonds. The predicted octanol–water partition coefficient (Wildman–Crippen LogP) is 2.04. The lowest BCUT2D eigenvalue weighted by Crippen LogP contribution is -2.44. The first kappa shape index (κ1) is 18.0. The molecule has 1 aliphatic rings. The molecule has 7 heteroatoms. The van der Waals surface area contributed by atoms with Gasteiger partial charge in [-0.1, -0.05) is 13.3 Å². The fourth-order valence-corrected chi connectivity index (χ4v) is 4.13. The minimum absolute atomic E-state index is 0.370. The van der Waals surface area contributed by atoms with Crippen molar-refractivity contribution < 1.29 is 17.9 Å². The molecule has 23 heavy (non-hydrogen) atoms. The van der Waals surface area contributed by atoms with Gasteiger partial charge in [0.05, 0.1) is 14.2 Å². The molecule has 1 aliphatic heterocycles. The molecule has 1 heterocycles. The third-order valence-corrected chi connectivity index (χ3v) is 6.16. The van der Waals surface area contributed by atoms with Crippen LogP contribution < -0.4 is 9.47 Å². The van der Waals surface area contributed by atoms with Crippen LogP contribution in [0.1, 0.15) is 30.9 Å². The van der Waals surface area contributed by atoms with Gasteiger partial charge in [0.15, 0.2) is 11.5 Å². The third kappa shape index (κ3) is 3.79. The maximum absolute atomic E-state index is 12.7. The molecule has 0 unspecified atom stereocenters. The van der Waals surface area contributed by atoms with Gasteiger partial charge in [-0.05, 0) is 36.1 Å². The van der Waals surface area contributed by atoms with Crippen LogP contribution in [0.4, 0.5) is 0 Å². The van der Waals surface area contributed by atoms with Gasteiger partial charge in [-0.2, -0.15) is 17.0 Å². The molecule has 6 nitrogen and oxygen atoms in total. The first-order valence-electron chi connectivity index (χ1n) is 7.89. The van der Waals surface area contributed by atoms with Gasteiger partial charge in [0.25, 0.3) is 10.2 Å². The number of hydrogen-bond donors (Lipinski definition) is 0. The Kier molecular flexibility index (Phi) is 5.89. The standard InChI is InChI=1S/C16H26N2O4S/c1-5-6-8-17(2)23(19,20)18-9-7-13-10-15(21-3)16(22-4)11-14(13)12-18/h10-11H,5-9,12H2,1-4H3. The maximum atomic E-state index is 12.7. The minimum atomic E-state index is -3.42. The highest BCUT2D eigenvalue weighted by atomic mass is 32.2. The summed E-state index contributed by atoms with van der Waals surface area (Å²) < 4.78 is 39.0. The highest BCUT2D eigenvalue weighted by molar-refractivity contribution is 7.86. The van der Waals surface area contributed by atoms with E-state index in [4.69, 9.17) is 9.47 Å². The molecule has 0 radical (unpaired) electrons. The summed E-state index contributed by atoms with van der Waals surface area (Å²) in [6.45, 7) is 3.46. The number of nitrogens with zero attached hydrogens (tertiary/aromatic N) is 2. The van der Waals surface area contributed by atoms with E-state index in [1.165, 1.54) is 8.61 Å². The van der Waals surface area contributed by atoms with Crippen LogP contribution in [0.3, 0.4) is 0 Å². The number of methoxy groups -OCH3 is 2. The molecule has 0 saturated heterocycles. The normalized spacial score (nSPS) is 15.5. The number of fused-ring (bicyclic) bond motifs is 1. The molecule has 1 aromatic rings. The lowest BCUT2D eigenvalue weighted by molar-refractivity contribution is 0.334. The molecule has 0 spiro atoms. The summed E-state index contributed by atoms with van der Waals surface area (Å²) in [4.78, 5) is 0. The lowest BCUT2D eigenvalue weighted by atomic mass is 10.0. The molecule has 0 atom stereocenters. The van der Waals surface area contributed by atoms with E-state index in [-0.39, 0.29) is 0 Å². The predicted molar refractivity (Wildman–Crippen MR) is 90.1 cm³/mol. The van der Waals surface area contributed by atoms with Crippen molar-refractivity contribution in [3.05, 3.63) is 23.3 Å². The van der Waals surface area contributed by atoms with E-state index in [0.717, 1.165) is 24.0 Å². The van der Waals surface area contributed by atoms with Gasteiger partial charge in [0, 0.05) is 26.7 Å². The van der Waals surface area contributed by atoms with E-state index >= 15 is 0 Å². The van der Waals surface area contributed by atoms with E-state index in [1.807, 2.05) is 12.1 Å². The topological polar surface area (TPSA) is 59.1 Å². The highest BCUT2D eigenvalue weighted by Gasteiger charge is 2.30. The molecule has 0 aliphatic carbocycles. The Labute approximate surface area is 139 Å². The maximum Gasteiger partial charge on any atom is 0.282 e. The molecule has 2 rings (SSSR count). The van der Waals surface area contributed by atoms with Crippen LogP contribution in [-0.4, -0.2) is 51.4 Å². The summed E-state index contributed by atoms with van der Waals surface area (Å²) in [5.74, 6) is 1.31. The average molecular weight is 342 g/mol. The molecule has 0 bridgehead atoms. The SMILES string of the molecule is CCCCN(C)S(=O)(=O)N1CCc2cc(OC)c(OC)cc2C1. The number of rotatable bonds is 7. The second-order valence-corrected chi connectivity index (χ2v) is 7.78. The first-order chi connectivity index (χ1) is 10.9. The van der Waals surface area contributed by atoms with Gasteiger partial charge < -0.3 is 9.47 Å². The van der Waals surface area contributed by atoms with Crippen LogP contribution in [0.2, 0.25) is 0 Å². The Morgan fingerprint density at radius 3 is 2.35 bits per heavy atom. The molecule has 0 fully saturated rings. The van der Waals surface area contributed by atoms with Crippen LogP contribution >= 0.6 is 0 Å². The van der Waals surface area contributed by atoms with Crippen LogP contribution in [0.5, 0.6) is 11.5 Å². The van der Waals surface area contributed by atoms with Crippen molar-refractivity contribution in [2.75, 3.05) is 34.4 Å². The van der Waals surface area contributed by atoms with Crippen molar-refractivity contribution in [1.82, 2.24) is 8.61 Å². The fraction of sp³-hybridized carbons (Fsp3) is 0.625. The van der Waals surface area contributed by atoms with E-state index in [2.05, 4.69) is 6.92 Å². The number of ether oxygens (including phenoxy) is 2. The van der Waals surface area contributed by atoms with E-state index in [9.17, 15) is 8.42 Å². The summed E-state index contributed by atoms with van der Waals surface area (Å²) in [7, 11) is 1.42. The van der Waals surface area contributed by atoms with Crippen molar-refractivity contribution >= 4 is 10.2 Å². The van der Waals surface area contributed by atoms with Crippen molar-refractivity contribution in [1.29, 1.82) is 0 Å². The smallest absolute Gasteiger partial charge is 0.282 e. The zero-order valence-corrected chi connectivity index (χ0v) is 15.1. The molecular formula is C16H26N2O4S. The van der Waals surface area contributed by atoms with Crippen molar-refractivity contribution in [2.24, 2.45) is 0 Å². The molecule has 0 saturated carbocycles. The van der Waals surface area contributed by atoms with Crippen LogP contribution in [-0.2, 0) is 23.2 Å². The Morgan fingerprint density at radius 2 is 1.78 bits per heavy atom.